The Morgan fingerprint density at radius 1 is 1.11 bits per heavy atom. The van der Waals surface area contributed by atoms with Crippen LogP contribution in [0, 0.1) is 0 Å². The van der Waals surface area contributed by atoms with Crippen LogP contribution in [0.1, 0.15) is 24.7 Å². The van der Waals surface area contributed by atoms with Gasteiger partial charge in [-0.2, -0.15) is 0 Å². The first-order valence-corrected chi connectivity index (χ1v) is 9.54. The van der Waals surface area contributed by atoms with Gasteiger partial charge in [0.05, 0.1) is 16.8 Å². The quantitative estimate of drug-likeness (QED) is 0.584. The molecule has 27 heavy (non-hydrogen) atoms. The van der Waals surface area contributed by atoms with Crippen LogP contribution in [0.3, 0.4) is 0 Å². The Balaban J connectivity index is 1.45. The Morgan fingerprint density at radius 2 is 2.00 bits per heavy atom. The first-order chi connectivity index (χ1) is 13.2. The monoisotopic (exact) mass is 379 g/mol. The molecule has 1 aliphatic rings. The van der Waals surface area contributed by atoms with Gasteiger partial charge in [-0.1, -0.05) is 12.1 Å². The lowest BCUT2D eigenvalue weighted by molar-refractivity contribution is 0.189. The molecule has 0 spiro atoms. The number of anilines is 1. The van der Waals surface area contributed by atoms with Gasteiger partial charge in [0.15, 0.2) is 22.5 Å². The number of thiazole rings is 1. The van der Waals surface area contributed by atoms with E-state index >= 15 is 0 Å². The lowest BCUT2D eigenvalue weighted by Crippen LogP contribution is -2.34. The Bertz CT molecular complexity index is 1090. The van der Waals surface area contributed by atoms with Gasteiger partial charge in [0.25, 0.3) is 0 Å². The predicted octanol–water partition coefficient (Wildman–Crippen LogP) is 2.42. The Morgan fingerprint density at radius 3 is 2.85 bits per heavy atom. The highest BCUT2D eigenvalue weighted by Crippen LogP contribution is 2.30. The molecule has 1 N–H and O–H groups in total. The SMILES string of the molecule is CC(O)c1nccc(N2CCn3c(nnc3-c3nc4ccccc4s3)C2)n1. The van der Waals surface area contributed by atoms with Crippen LogP contribution in [-0.2, 0) is 13.1 Å². The maximum Gasteiger partial charge on any atom is 0.193 e. The summed E-state index contributed by atoms with van der Waals surface area (Å²) in [5.41, 5.74) is 0.985. The fraction of sp³-hybridized carbons (Fsp3) is 0.278. The van der Waals surface area contributed by atoms with Crippen molar-refractivity contribution < 1.29 is 5.11 Å². The van der Waals surface area contributed by atoms with E-state index in [2.05, 4.69) is 35.7 Å². The van der Waals surface area contributed by atoms with Gasteiger partial charge < -0.3 is 14.6 Å². The highest BCUT2D eigenvalue weighted by molar-refractivity contribution is 7.21. The van der Waals surface area contributed by atoms with Crippen LogP contribution in [0.4, 0.5) is 5.82 Å². The van der Waals surface area contributed by atoms with Gasteiger partial charge in [0.2, 0.25) is 0 Å². The standard InChI is InChI=1S/C18H17N7OS/c1-11(26)16-19-7-6-14(21-16)24-8-9-25-15(10-24)22-23-17(25)18-20-12-4-2-3-5-13(12)27-18/h2-7,11,26H,8-10H2,1H3. The number of aliphatic hydroxyl groups excluding tert-OH is 1. The van der Waals surface area contributed by atoms with E-state index in [-0.39, 0.29) is 0 Å². The summed E-state index contributed by atoms with van der Waals surface area (Å²) in [5, 5.41) is 19.4. The summed E-state index contributed by atoms with van der Waals surface area (Å²) in [6.07, 6.45) is 0.986. The Hall–Kier alpha value is -2.91. The number of fused-ring (bicyclic) bond motifs is 2. The predicted molar refractivity (Wildman–Crippen MR) is 102 cm³/mol. The molecule has 1 aliphatic heterocycles. The minimum absolute atomic E-state index is 0.426. The van der Waals surface area contributed by atoms with Crippen molar-refractivity contribution in [3.05, 3.63) is 48.2 Å². The zero-order valence-corrected chi connectivity index (χ0v) is 15.5. The topological polar surface area (TPSA) is 92.9 Å². The number of para-hydroxylation sites is 1. The molecule has 0 radical (unpaired) electrons. The van der Waals surface area contributed by atoms with E-state index in [0.717, 1.165) is 45.8 Å². The van der Waals surface area contributed by atoms with Crippen molar-refractivity contribution in [3.63, 3.8) is 0 Å². The zero-order valence-electron chi connectivity index (χ0n) is 14.6. The highest BCUT2D eigenvalue weighted by atomic mass is 32.1. The molecular weight excluding hydrogens is 362 g/mol. The molecule has 1 unspecified atom stereocenters. The van der Waals surface area contributed by atoms with Crippen molar-refractivity contribution in [1.29, 1.82) is 0 Å². The van der Waals surface area contributed by atoms with Gasteiger partial charge in [-0.15, -0.1) is 21.5 Å². The normalized spacial score (nSPS) is 15.1. The smallest absolute Gasteiger partial charge is 0.193 e. The van der Waals surface area contributed by atoms with Crippen LogP contribution >= 0.6 is 11.3 Å². The van der Waals surface area contributed by atoms with E-state index in [9.17, 15) is 5.11 Å². The number of aliphatic hydroxyl groups is 1. The largest absolute Gasteiger partial charge is 0.385 e. The van der Waals surface area contributed by atoms with Crippen LogP contribution in [0.15, 0.2) is 36.5 Å². The second-order valence-corrected chi connectivity index (χ2v) is 7.48. The first-order valence-electron chi connectivity index (χ1n) is 8.73. The molecule has 0 saturated heterocycles. The maximum absolute atomic E-state index is 9.72. The molecule has 8 nitrogen and oxygen atoms in total. The summed E-state index contributed by atoms with van der Waals surface area (Å²) in [6.45, 7) is 3.80. The van der Waals surface area contributed by atoms with Crippen molar-refractivity contribution in [2.75, 3.05) is 11.4 Å². The fourth-order valence-corrected chi connectivity index (χ4v) is 4.18. The van der Waals surface area contributed by atoms with E-state index in [4.69, 9.17) is 4.98 Å². The van der Waals surface area contributed by atoms with Crippen molar-refractivity contribution in [2.45, 2.75) is 26.1 Å². The number of benzene rings is 1. The first kappa shape index (κ1) is 16.3. The fourth-order valence-electron chi connectivity index (χ4n) is 3.22. The number of hydrogen-bond acceptors (Lipinski definition) is 8. The molecule has 0 bridgehead atoms. The number of nitrogens with zero attached hydrogens (tertiary/aromatic N) is 7. The summed E-state index contributed by atoms with van der Waals surface area (Å²) >= 11 is 1.63. The van der Waals surface area contributed by atoms with Crippen LogP contribution < -0.4 is 4.90 Å². The third-order valence-corrected chi connectivity index (χ3v) is 5.63. The average molecular weight is 379 g/mol. The molecule has 4 heterocycles. The van der Waals surface area contributed by atoms with Crippen molar-refractivity contribution >= 4 is 27.4 Å². The van der Waals surface area contributed by atoms with E-state index in [1.165, 1.54) is 0 Å². The summed E-state index contributed by atoms with van der Waals surface area (Å²) in [7, 11) is 0. The van der Waals surface area contributed by atoms with Crippen LogP contribution in [-0.4, -0.2) is 41.4 Å². The van der Waals surface area contributed by atoms with E-state index in [0.29, 0.717) is 12.4 Å². The third kappa shape index (κ3) is 2.84. The van der Waals surface area contributed by atoms with Gasteiger partial charge in [-0.05, 0) is 25.1 Å². The second-order valence-electron chi connectivity index (χ2n) is 6.45. The highest BCUT2D eigenvalue weighted by Gasteiger charge is 2.24. The van der Waals surface area contributed by atoms with Crippen molar-refractivity contribution in [3.8, 4) is 10.8 Å². The van der Waals surface area contributed by atoms with E-state index in [1.807, 2.05) is 24.3 Å². The summed E-state index contributed by atoms with van der Waals surface area (Å²) in [4.78, 5) is 15.4. The molecule has 136 valence electrons. The molecule has 1 aromatic carbocycles. The lowest BCUT2D eigenvalue weighted by Gasteiger charge is -2.28. The molecule has 3 aromatic heterocycles. The molecule has 0 fully saturated rings. The van der Waals surface area contributed by atoms with Gasteiger partial charge in [-0.3, -0.25) is 0 Å². The molecule has 0 aliphatic carbocycles. The van der Waals surface area contributed by atoms with Crippen LogP contribution in [0.2, 0.25) is 0 Å². The molecule has 0 saturated carbocycles. The minimum atomic E-state index is -0.691. The van der Waals surface area contributed by atoms with Crippen molar-refractivity contribution in [1.82, 2.24) is 29.7 Å². The molecule has 1 atom stereocenters. The van der Waals surface area contributed by atoms with Crippen LogP contribution in [0.5, 0.6) is 0 Å². The summed E-state index contributed by atoms with van der Waals surface area (Å²) < 4.78 is 3.28. The molecular formula is C18H17N7OS. The molecule has 9 heteroatoms. The third-order valence-electron chi connectivity index (χ3n) is 4.60. The van der Waals surface area contributed by atoms with Crippen molar-refractivity contribution in [2.24, 2.45) is 0 Å². The number of hydrogen-bond donors (Lipinski definition) is 1. The molecule has 5 rings (SSSR count). The zero-order chi connectivity index (χ0) is 18.4. The van der Waals surface area contributed by atoms with Gasteiger partial charge in [0.1, 0.15) is 11.9 Å². The summed E-state index contributed by atoms with van der Waals surface area (Å²) in [6, 6.07) is 9.95. The molecule has 4 aromatic rings. The average Bonchev–Trinajstić information content (AvgIpc) is 3.31. The van der Waals surface area contributed by atoms with Gasteiger partial charge >= 0.3 is 0 Å². The number of rotatable bonds is 3. The van der Waals surface area contributed by atoms with E-state index < -0.39 is 6.10 Å². The molecule has 0 amide bonds. The lowest BCUT2D eigenvalue weighted by atomic mass is 10.3. The minimum Gasteiger partial charge on any atom is -0.385 e. The second kappa shape index (κ2) is 6.36. The van der Waals surface area contributed by atoms with E-state index in [1.54, 1.807) is 24.5 Å². The Kier molecular flexibility index (Phi) is 3.83. The maximum atomic E-state index is 9.72. The van der Waals surface area contributed by atoms with Gasteiger partial charge in [-0.25, -0.2) is 15.0 Å². The summed E-state index contributed by atoms with van der Waals surface area (Å²) in [5.74, 6) is 2.91. The van der Waals surface area contributed by atoms with Crippen LogP contribution in [0.25, 0.3) is 21.0 Å². The van der Waals surface area contributed by atoms with Gasteiger partial charge in [0, 0.05) is 19.3 Å². The Labute approximate surface area is 159 Å². The number of aromatic nitrogens is 6.